The number of hydrogen-bond acceptors (Lipinski definition) is 3. The van der Waals surface area contributed by atoms with Gasteiger partial charge in [-0.2, -0.15) is 0 Å². The van der Waals surface area contributed by atoms with Crippen LogP contribution in [0, 0.1) is 16.0 Å². The third-order valence-corrected chi connectivity index (χ3v) is 3.69. The zero-order chi connectivity index (χ0) is 12.0. The molecule has 0 radical (unpaired) electrons. The highest BCUT2D eigenvalue weighted by atomic mass is 16.7. The number of nitrogens with zero attached hydrogens (tertiary/aromatic N) is 3. The normalized spacial score (nSPS) is 26.5. The van der Waals surface area contributed by atoms with E-state index in [-0.39, 0.29) is 22.4 Å². The zero-order valence-electron chi connectivity index (χ0n) is 9.28. The van der Waals surface area contributed by atoms with Crippen LogP contribution in [-0.2, 0) is 6.54 Å². The summed E-state index contributed by atoms with van der Waals surface area (Å²) in [5, 5.41) is 11.8. The molecular weight excluding hydrogens is 222 g/mol. The van der Waals surface area contributed by atoms with Crippen molar-refractivity contribution in [3.63, 3.8) is 0 Å². The highest BCUT2D eigenvalue weighted by Gasteiger charge is 2.38. The maximum Gasteiger partial charge on any atom is 0.250 e. The number of fused-ring (bicyclic) bond motifs is 4. The summed E-state index contributed by atoms with van der Waals surface area (Å²) in [6, 6.07) is 5.20. The maximum atomic E-state index is 11.7. The SMILES string of the molecule is O=c1cccc2n1C[C@H]1C[C@@H]2CN([N+](=O)[O-])C1. The summed E-state index contributed by atoms with van der Waals surface area (Å²) in [6.45, 7) is 1.47. The second kappa shape index (κ2) is 3.58. The molecule has 17 heavy (non-hydrogen) atoms. The van der Waals surface area contributed by atoms with Gasteiger partial charge in [0.1, 0.15) is 0 Å². The number of hydrazine groups is 1. The van der Waals surface area contributed by atoms with Crippen molar-refractivity contribution in [1.82, 2.24) is 9.58 Å². The molecule has 3 rings (SSSR count). The van der Waals surface area contributed by atoms with E-state index in [0.29, 0.717) is 19.6 Å². The smallest absolute Gasteiger partial charge is 0.250 e. The summed E-state index contributed by atoms with van der Waals surface area (Å²) in [5.74, 6) is 0.327. The first-order chi connectivity index (χ1) is 8.15. The minimum atomic E-state index is -0.324. The second-order valence-electron chi connectivity index (χ2n) is 4.81. The minimum Gasteiger partial charge on any atom is -0.312 e. The van der Waals surface area contributed by atoms with Gasteiger partial charge in [0.15, 0.2) is 5.03 Å². The lowest BCUT2D eigenvalue weighted by atomic mass is 9.84. The molecular formula is C11H13N3O3. The van der Waals surface area contributed by atoms with Gasteiger partial charge in [0, 0.05) is 30.1 Å². The van der Waals surface area contributed by atoms with Crippen molar-refractivity contribution in [2.24, 2.45) is 5.92 Å². The van der Waals surface area contributed by atoms with E-state index in [1.807, 2.05) is 6.07 Å². The van der Waals surface area contributed by atoms with E-state index in [0.717, 1.165) is 12.1 Å². The van der Waals surface area contributed by atoms with Crippen molar-refractivity contribution in [2.45, 2.75) is 18.9 Å². The molecule has 0 amide bonds. The van der Waals surface area contributed by atoms with Crippen molar-refractivity contribution in [1.29, 1.82) is 0 Å². The predicted molar refractivity (Wildman–Crippen MR) is 60.1 cm³/mol. The Hall–Kier alpha value is -1.85. The van der Waals surface area contributed by atoms with Gasteiger partial charge in [0.2, 0.25) is 0 Å². The first kappa shape index (κ1) is 10.3. The molecule has 2 atom stereocenters. The van der Waals surface area contributed by atoms with Crippen molar-refractivity contribution >= 4 is 0 Å². The fraction of sp³-hybridized carbons (Fsp3) is 0.545. The summed E-state index contributed by atoms with van der Waals surface area (Å²) < 4.78 is 1.77. The number of hydrogen-bond donors (Lipinski definition) is 0. The summed E-state index contributed by atoms with van der Waals surface area (Å²) in [4.78, 5) is 22.6. The molecule has 2 aliphatic rings. The number of rotatable bonds is 1. The molecule has 1 aromatic rings. The van der Waals surface area contributed by atoms with E-state index >= 15 is 0 Å². The lowest BCUT2D eigenvalue weighted by Crippen LogP contribution is -2.48. The summed E-state index contributed by atoms with van der Waals surface area (Å²) in [5.41, 5.74) is 0.951. The van der Waals surface area contributed by atoms with E-state index in [1.54, 1.807) is 16.7 Å². The highest BCUT2D eigenvalue weighted by Crippen LogP contribution is 2.34. The molecule has 0 spiro atoms. The van der Waals surface area contributed by atoms with Gasteiger partial charge >= 0.3 is 0 Å². The number of nitro groups is 1. The van der Waals surface area contributed by atoms with E-state index in [1.165, 1.54) is 5.01 Å². The van der Waals surface area contributed by atoms with Crippen LogP contribution in [0.15, 0.2) is 23.0 Å². The van der Waals surface area contributed by atoms with Gasteiger partial charge in [-0.3, -0.25) is 4.79 Å². The molecule has 2 bridgehead atoms. The van der Waals surface area contributed by atoms with E-state index < -0.39 is 0 Å². The molecule has 0 N–H and O–H groups in total. The molecule has 6 heteroatoms. The molecule has 0 aliphatic carbocycles. The van der Waals surface area contributed by atoms with Gasteiger partial charge in [0.05, 0.1) is 13.1 Å². The Morgan fingerprint density at radius 3 is 2.88 bits per heavy atom. The fourth-order valence-corrected chi connectivity index (χ4v) is 3.00. The summed E-state index contributed by atoms with van der Waals surface area (Å²) >= 11 is 0. The van der Waals surface area contributed by atoms with Crippen LogP contribution in [0.25, 0.3) is 0 Å². The number of pyridine rings is 1. The zero-order valence-corrected chi connectivity index (χ0v) is 9.28. The van der Waals surface area contributed by atoms with Crippen molar-refractivity contribution in [3.05, 3.63) is 44.4 Å². The summed E-state index contributed by atoms with van der Waals surface area (Å²) in [7, 11) is 0. The molecule has 0 unspecified atom stereocenters. The molecule has 0 aromatic carbocycles. The topological polar surface area (TPSA) is 68.4 Å². The van der Waals surface area contributed by atoms with Crippen LogP contribution in [-0.4, -0.2) is 27.7 Å². The molecule has 6 nitrogen and oxygen atoms in total. The Labute approximate surface area is 97.6 Å². The lowest BCUT2D eigenvalue weighted by Gasteiger charge is -2.38. The average Bonchev–Trinajstić information content (AvgIpc) is 2.30. The van der Waals surface area contributed by atoms with Crippen LogP contribution in [0.5, 0.6) is 0 Å². The van der Waals surface area contributed by atoms with E-state index in [9.17, 15) is 14.9 Å². The second-order valence-corrected chi connectivity index (χ2v) is 4.81. The monoisotopic (exact) mass is 235 g/mol. The summed E-state index contributed by atoms with van der Waals surface area (Å²) in [6.07, 6.45) is 0.952. The van der Waals surface area contributed by atoms with Gasteiger partial charge in [-0.1, -0.05) is 6.07 Å². The molecule has 1 aromatic heterocycles. The quantitative estimate of drug-likeness (QED) is 0.524. The Bertz CT molecular complexity index is 525. The predicted octanol–water partition coefficient (Wildman–Crippen LogP) is 0.459. The standard InChI is InChI=1S/C11H13N3O3/c15-11-3-1-2-10-9-4-8(6-13(10)11)5-12(7-9)14(16)17/h1-3,8-9H,4-7H2/t8-,9+/m0/s1. The van der Waals surface area contributed by atoms with Crippen LogP contribution in [0.2, 0.25) is 0 Å². The van der Waals surface area contributed by atoms with Crippen LogP contribution >= 0.6 is 0 Å². The molecule has 1 saturated heterocycles. The van der Waals surface area contributed by atoms with Crippen molar-refractivity contribution in [3.8, 4) is 0 Å². The molecule has 90 valence electrons. The van der Waals surface area contributed by atoms with Crippen molar-refractivity contribution in [2.75, 3.05) is 13.1 Å². The third kappa shape index (κ3) is 1.60. The van der Waals surface area contributed by atoms with Gasteiger partial charge in [-0.25, -0.2) is 10.1 Å². The van der Waals surface area contributed by atoms with Crippen LogP contribution in [0.3, 0.4) is 0 Å². The largest absolute Gasteiger partial charge is 0.312 e. The molecule has 3 heterocycles. The van der Waals surface area contributed by atoms with E-state index in [4.69, 9.17) is 0 Å². The van der Waals surface area contributed by atoms with Crippen LogP contribution in [0.1, 0.15) is 18.0 Å². The molecule has 0 saturated carbocycles. The Balaban J connectivity index is 2.01. The Morgan fingerprint density at radius 2 is 2.12 bits per heavy atom. The molecule has 2 aliphatic heterocycles. The van der Waals surface area contributed by atoms with Crippen molar-refractivity contribution < 1.29 is 5.03 Å². The first-order valence-corrected chi connectivity index (χ1v) is 5.74. The Kier molecular flexibility index (Phi) is 2.17. The van der Waals surface area contributed by atoms with Crippen LogP contribution < -0.4 is 5.56 Å². The number of aromatic nitrogens is 1. The fourth-order valence-electron chi connectivity index (χ4n) is 3.00. The van der Waals surface area contributed by atoms with Crippen LogP contribution in [0.4, 0.5) is 0 Å². The van der Waals surface area contributed by atoms with Gasteiger partial charge in [0.25, 0.3) is 5.56 Å². The maximum absolute atomic E-state index is 11.7. The van der Waals surface area contributed by atoms with Gasteiger partial charge in [-0.05, 0) is 12.5 Å². The number of piperidine rings is 1. The van der Waals surface area contributed by atoms with Gasteiger partial charge in [-0.15, -0.1) is 5.01 Å². The molecule has 1 fully saturated rings. The third-order valence-electron chi connectivity index (χ3n) is 3.69. The first-order valence-electron chi connectivity index (χ1n) is 5.74. The lowest BCUT2D eigenvalue weighted by molar-refractivity contribution is -0.660. The Morgan fingerprint density at radius 1 is 1.29 bits per heavy atom. The van der Waals surface area contributed by atoms with Gasteiger partial charge < -0.3 is 4.57 Å². The van der Waals surface area contributed by atoms with E-state index in [2.05, 4.69) is 0 Å². The minimum absolute atomic E-state index is 0.00625. The highest BCUT2D eigenvalue weighted by molar-refractivity contribution is 5.16. The average molecular weight is 235 g/mol.